The summed E-state index contributed by atoms with van der Waals surface area (Å²) in [5, 5.41) is 3.02. The summed E-state index contributed by atoms with van der Waals surface area (Å²) in [6.07, 6.45) is 0. The number of para-hydroxylation sites is 1. The number of nitrogens with zero attached hydrogens (tertiary/aromatic N) is 3. The molecule has 0 aliphatic heterocycles. The van der Waals surface area contributed by atoms with Crippen molar-refractivity contribution in [2.75, 3.05) is 25.3 Å². The van der Waals surface area contributed by atoms with Crippen LogP contribution < -0.4 is 20.5 Å². The van der Waals surface area contributed by atoms with Crippen molar-refractivity contribution >= 4 is 23.6 Å². The minimum Gasteiger partial charge on any atom is -0.497 e. The standard InChI is InChI=1S/C19H19N5O4/c1-26-13-8-9-14(15(10-13)27-2)17(25)28-11-16-22-18(20)24-19(23-16)21-12-6-4-3-5-7-12/h3-10H,11H2,1-2H3,(H3,20,21,22,23,24). The zero-order valence-electron chi connectivity index (χ0n) is 15.4. The Bertz CT molecular complexity index is 966. The number of carbonyl (C=O) groups is 1. The van der Waals surface area contributed by atoms with Crippen molar-refractivity contribution in [1.82, 2.24) is 15.0 Å². The molecular weight excluding hydrogens is 362 g/mol. The lowest BCUT2D eigenvalue weighted by atomic mass is 10.2. The Balaban J connectivity index is 1.71. The number of aromatic nitrogens is 3. The Labute approximate surface area is 161 Å². The van der Waals surface area contributed by atoms with Crippen molar-refractivity contribution in [1.29, 1.82) is 0 Å². The quantitative estimate of drug-likeness (QED) is 0.595. The Kier molecular flexibility index (Phi) is 5.85. The van der Waals surface area contributed by atoms with Gasteiger partial charge in [0, 0.05) is 11.8 Å². The van der Waals surface area contributed by atoms with E-state index in [1.54, 1.807) is 18.2 Å². The van der Waals surface area contributed by atoms with E-state index < -0.39 is 5.97 Å². The number of methoxy groups -OCH3 is 2. The number of anilines is 3. The molecule has 0 saturated heterocycles. The Morgan fingerprint density at radius 3 is 2.54 bits per heavy atom. The van der Waals surface area contributed by atoms with Crippen molar-refractivity contribution < 1.29 is 19.0 Å². The Morgan fingerprint density at radius 1 is 1.04 bits per heavy atom. The zero-order chi connectivity index (χ0) is 19.9. The molecule has 1 heterocycles. The van der Waals surface area contributed by atoms with Crippen molar-refractivity contribution in [3.63, 3.8) is 0 Å². The lowest BCUT2D eigenvalue weighted by Gasteiger charge is -2.10. The van der Waals surface area contributed by atoms with Gasteiger partial charge in [-0.25, -0.2) is 4.79 Å². The van der Waals surface area contributed by atoms with Crippen LogP contribution in [0.4, 0.5) is 17.6 Å². The van der Waals surface area contributed by atoms with Gasteiger partial charge in [0.25, 0.3) is 0 Å². The highest BCUT2D eigenvalue weighted by Gasteiger charge is 2.16. The number of benzene rings is 2. The molecule has 1 aromatic heterocycles. The summed E-state index contributed by atoms with van der Waals surface area (Å²) < 4.78 is 15.6. The first kappa shape index (κ1) is 18.9. The van der Waals surface area contributed by atoms with E-state index in [-0.39, 0.29) is 29.9 Å². The van der Waals surface area contributed by atoms with Crippen LogP contribution in [0.3, 0.4) is 0 Å². The molecule has 9 heteroatoms. The smallest absolute Gasteiger partial charge is 0.342 e. The molecule has 28 heavy (non-hydrogen) atoms. The topological polar surface area (TPSA) is 121 Å². The van der Waals surface area contributed by atoms with Crippen molar-refractivity contribution in [2.45, 2.75) is 6.61 Å². The average Bonchev–Trinajstić information content (AvgIpc) is 2.71. The van der Waals surface area contributed by atoms with Crippen LogP contribution in [0.25, 0.3) is 0 Å². The SMILES string of the molecule is COc1ccc(C(=O)OCc2nc(N)nc(Nc3ccccc3)n2)c(OC)c1. The van der Waals surface area contributed by atoms with E-state index in [9.17, 15) is 4.79 Å². The molecule has 0 unspecified atom stereocenters. The fourth-order valence-electron chi connectivity index (χ4n) is 2.38. The lowest BCUT2D eigenvalue weighted by molar-refractivity contribution is 0.0458. The van der Waals surface area contributed by atoms with Gasteiger partial charge in [-0.15, -0.1) is 0 Å². The maximum atomic E-state index is 12.4. The first-order chi connectivity index (χ1) is 13.6. The average molecular weight is 381 g/mol. The largest absolute Gasteiger partial charge is 0.497 e. The van der Waals surface area contributed by atoms with E-state index in [2.05, 4.69) is 20.3 Å². The number of nitrogens with one attached hydrogen (secondary N) is 1. The monoisotopic (exact) mass is 381 g/mol. The molecule has 0 saturated carbocycles. The molecule has 0 amide bonds. The normalized spacial score (nSPS) is 10.2. The van der Waals surface area contributed by atoms with E-state index >= 15 is 0 Å². The zero-order valence-corrected chi connectivity index (χ0v) is 15.4. The molecule has 0 aliphatic rings. The van der Waals surface area contributed by atoms with Crippen LogP contribution in [-0.2, 0) is 11.3 Å². The predicted molar refractivity (Wildman–Crippen MR) is 103 cm³/mol. The summed E-state index contributed by atoms with van der Waals surface area (Å²) in [7, 11) is 2.98. The maximum Gasteiger partial charge on any atom is 0.342 e. The number of ether oxygens (including phenoxy) is 3. The van der Waals surface area contributed by atoms with E-state index in [0.717, 1.165) is 5.69 Å². The second-order valence-corrected chi connectivity index (χ2v) is 5.57. The maximum absolute atomic E-state index is 12.4. The van der Waals surface area contributed by atoms with Crippen molar-refractivity contribution in [3.8, 4) is 11.5 Å². The molecule has 0 atom stereocenters. The van der Waals surface area contributed by atoms with E-state index in [1.807, 2.05) is 30.3 Å². The number of rotatable bonds is 7. The van der Waals surface area contributed by atoms with E-state index in [1.165, 1.54) is 14.2 Å². The summed E-state index contributed by atoms with van der Waals surface area (Å²) in [4.78, 5) is 24.6. The van der Waals surface area contributed by atoms with Gasteiger partial charge in [-0.1, -0.05) is 18.2 Å². The molecule has 9 nitrogen and oxygen atoms in total. The molecule has 0 aliphatic carbocycles. The molecule has 3 rings (SSSR count). The third-order valence-corrected chi connectivity index (χ3v) is 3.69. The van der Waals surface area contributed by atoms with E-state index in [4.69, 9.17) is 19.9 Å². The van der Waals surface area contributed by atoms with Crippen LogP contribution in [0, 0.1) is 0 Å². The molecule has 2 aromatic carbocycles. The fraction of sp³-hybridized carbons (Fsp3) is 0.158. The lowest BCUT2D eigenvalue weighted by Crippen LogP contribution is -2.12. The molecule has 3 N–H and O–H groups in total. The van der Waals surface area contributed by atoms with Crippen molar-refractivity contribution in [2.24, 2.45) is 0 Å². The first-order valence-electron chi connectivity index (χ1n) is 8.30. The second kappa shape index (κ2) is 8.67. The van der Waals surface area contributed by atoms with Crippen LogP contribution in [-0.4, -0.2) is 35.1 Å². The number of esters is 1. The van der Waals surface area contributed by atoms with Crippen LogP contribution >= 0.6 is 0 Å². The highest BCUT2D eigenvalue weighted by atomic mass is 16.5. The van der Waals surface area contributed by atoms with Gasteiger partial charge in [0.15, 0.2) is 12.4 Å². The number of nitrogens with two attached hydrogens (primary N) is 1. The highest BCUT2D eigenvalue weighted by molar-refractivity contribution is 5.92. The molecule has 0 spiro atoms. The second-order valence-electron chi connectivity index (χ2n) is 5.57. The fourth-order valence-corrected chi connectivity index (χ4v) is 2.38. The molecular formula is C19H19N5O4. The molecule has 144 valence electrons. The van der Waals surface area contributed by atoms with Crippen LogP contribution in [0.15, 0.2) is 48.5 Å². The molecule has 0 radical (unpaired) electrons. The number of carbonyl (C=O) groups excluding carboxylic acids is 1. The minimum atomic E-state index is -0.587. The van der Waals surface area contributed by atoms with Gasteiger partial charge in [-0.3, -0.25) is 0 Å². The first-order valence-corrected chi connectivity index (χ1v) is 8.30. The van der Waals surface area contributed by atoms with E-state index in [0.29, 0.717) is 11.5 Å². The van der Waals surface area contributed by atoms with Gasteiger partial charge in [-0.05, 0) is 24.3 Å². The van der Waals surface area contributed by atoms with Gasteiger partial charge >= 0.3 is 5.97 Å². The van der Waals surface area contributed by atoms with Gasteiger partial charge in [0.2, 0.25) is 11.9 Å². The number of hydrogen-bond donors (Lipinski definition) is 2. The summed E-state index contributed by atoms with van der Waals surface area (Å²) in [6.45, 7) is -0.176. The predicted octanol–water partition coefficient (Wildman–Crippen LogP) is 2.57. The van der Waals surface area contributed by atoms with Gasteiger partial charge in [-0.2, -0.15) is 15.0 Å². The van der Waals surface area contributed by atoms with Gasteiger partial charge in [0.1, 0.15) is 17.1 Å². The van der Waals surface area contributed by atoms with Crippen LogP contribution in [0.5, 0.6) is 11.5 Å². The molecule has 0 fully saturated rings. The third kappa shape index (κ3) is 4.64. The van der Waals surface area contributed by atoms with Gasteiger partial charge < -0.3 is 25.3 Å². The van der Waals surface area contributed by atoms with Crippen molar-refractivity contribution in [3.05, 3.63) is 59.9 Å². The van der Waals surface area contributed by atoms with Crippen LogP contribution in [0.2, 0.25) is 0 Å². The highest BCUT2D eigenvalue weighted by Crippen LogP contribution is 2.25. The summed E-state index contributed by atoms with van der Waals surface area (Å²) in [5.74, 6) is 0.803. The molecule has 0 bridgehead atoms. The Morgan fingerprint density at radius 2 is 1.82 bits per heavy atom. The minimum absolute atomic E-state index is 0.0153. The molecule has 3 aromatic rings. The third-order valence-electron chi connectivity index (χ3n) is 3.69. The summed E-state index contributed by atoms with van der Waals surface area (Å²) in [5.41, 5.74) is 6.78. The summed E-state index contributed by atoms with van der Waals surface area (Å²) >= 11 is 0. The van der Waals surface area contributed by atoms with Crippen LogP contribution in [0.1, 0.15) is 16.2 Å². The summed E-state index contributed by atoms with van der Waals surface area (Å²) in [6, 6.07) is 14.2. The Hall–Kier alpha value is -3.88. The number of nitrogen functional groups attached to an aromatic ring is 1. The van der Waals surface area contributed by atoms with Gasteiger partial charge in [0.05, 0.1) is 14.2 Å². The number of hydrogen-bond acceptors (Lipinski definition) is 9.